The van der Waals surface area contributed by atoms with Crippen LogP contribution in [0, 0.1) is 0 Å². The van der Waals surface area contributed by atoms with Gasteiger partial charge in [-0.2, -0.15) is 4.31 Å². The second-order valence-electron chi connectivity index (χ2n) is 10.4. The number of rotatable bonds is 5. The second kappa shape index (κ2) is 10.4. The van der Waals surface area contributed by atoms with Crippen molar-refractivity contribution in [2.24, 2.45) is 0 Å². The summed E-state index contributed by atoms with van der Waals surface area (Å²) in [5.41, 5.74) is 1.41. The molecule has 0 N–H and O–H groups in total. The van der Waals surface area contributed by atoms with E-state index in [2.05, 4.69) is 16.7 Å². The zero-order chi connectivity index (χ0) is 25.6. The van der Waals surface area contributed by atoms with Gasteiger partial charge in [0.2, 0.25) is 10.0 Å². The summed E-state index contributed by atoms with van der Waals surface area (Å²) >= 11 is 7.82. The average molecular weight is 560 g/mol. The van der Waals surface area contributed by atoms with Crippen LogP contribution in [0.4, 0.5) is 5.82 Å². The van der Waals surface area contributed by atoms with Crippen molar-refractivity contribution in [2.75, 3.05) is 44.2 Å². The summed E-state index contributed by atoms with van der Waals surface area (Å²) < 4.78 is 28.1. The number of thiophene rings is 1. The predicted octanol–water partition coefficient (Wildman–Crippen LogP) is 5.28. The SMILES string of the molecule is CCN1CCc2c(sc3nc(C4CCCCC4)nc(N4CCN(S(=O)(=O)c5ccc(Cl)cc5)CC4)c23)C1. The first-order chi connectivity index (χ1) is 17.9. The highest BCUT2D eigenvalue weighted by atomic mass is 35.5. The molecule has 198 valence electrons. The van der Waals surface area contributed by atoms with Gasteiger partial charge in [0, 0.05) is 55.1 Å². The van der Waals surface area contributed by atoms with Crippen molar-refractivity contribution in [1.29, 1.82) is 0 Å². The first-order valence-corrected chi connectivity index (χ1v) is 16.1. The summed E-state index contributed by atoms with van der Waals surface area (Å²) in [7, 11) is -3.55. The van der Waals surface area contributed by atoms with E-state index in [1.54, 1.807) is 28.6 Å². The number of fused-ring (bicyclic) bond motifs is 3. The number of aromatic nitrogens is 2. The number of likely N-dealkylation sites (N-methyl/N-ethyl adjacent to an activating group) is 1. The first-order valence-electron chi connectivity index (χ1n) is 13.5. The van der Waals surface area contributed by atoms with E-state index in [1.165, 1.54) is 35.1 Å². The molecule has 3 aromatic rings. The van der Waals surface area contributed by atoms with Crippen molar-refractivity contribution in [3.05, 3.63) is 45.6 Å². The van der Waals surface area contributed by atoms with Crippen LogP contribution in [-0.2, 0) is 23.0 Å². The van der Waals surface area contributed by atoms with E-state index in [1.807, 2.05) is 11.3 Å². The van der Waals surface area contributed by atoms with Gasteiger partial charge in [-0.25, -0.2) is 18.4 Å². The molecule has 1 aromatic carbocycles. The first kappa shape index (κ1) is 25.5. The monoisotopic (exact) mass is 559 g/mol. The molecule has 10 heteroatoms. The molecule has 1 aliphatic carbocycles. The van der Waals surface area contributed by atoms with Crippen LogP contribution in [-0.4, -0.2) is 66.9 Å². The van der Waals surface area contributed by atoms with Crippen molar-refractivity contribution in [3.63, 3.8) is 0 Å². The fourth-order valence-electron chi connectivity index (χ4n) is 5.98. The number of hydrogen-bond donors (Lipinski definition) is 0. The molecule has 2 aliphatic heterocycles. The summed E-state index contributed by atoms with van der Waals surface area (Å²) in [4.78, 5) is 18.0. The molecule has 2 fully saturated rings. The molecule has 37 heavy (non-hydrogen) atoms. The molecule has 1 saturated carbocycles. The Balaban J connectivity index is 1.32. The number of halogens is 1. The minimum absolute atomic E-state index is 0.293. The van der Waals surface area contributed by atoms with Gasteiger partial charge in [-0.15, -0.1) is 11.3 Å². The Morgan fingerprint density at radius 3 is 2.43 bits per heavy atom. The van der Waals surface area contributed by atoms with Crippen molar-refractivity contribution in [3.8, 4) is 0 Å². The Hall–Kier alpha value is -1.78. The van der Waals surface area contributed by atoms with Crippen LogP contribution in [0.1, 0.15) is 61.2 Å². The van der Waals surface area contributed by atoms with Gasteiger partial charge in [0.25, 0.3) is 0 Å². The maximum Gasteiger partial charge on any atom is 0.243 e. The second-order valence-corrected chi connectivity index (χ2v) is 13.8. The smallest absolute Gasteiger partial charge is 0.243 e. The van der Waals surface area contributed by atoms with E-state index in [0.717, 1.165) is 55.4 Å². The topological polar surface area (TPSA) is 69.6 Å². The van der Waals surface area contributed by atoms with Gasteiger partial charge in [0.05, 0.1) is 10.3 Å². The summed E-state index contributed by atoms with van der Waals surface area (Å²) in [6, 6.07) is 6.44. The molecule has 0 bridgehead atoms. The summed E-state index contributed by atoms with van der Waals surface area (Å²) in [6.07, 6.45) is 7.13. The average Bonchev–Trinajstić information content (AvgIpc) is 3.31. The van der Waals surface area contributed by atoms with Crippen molar-refractivity contribution >= 4 is 49.0 Å². The minimum atomic E-state index is -3.55. The van der Waals surface area contributed by atoms with Gasteiger partial charge in [-0.05, 0) is 55.6 Å². The number of nitrogens with zero attached hydrogens (tertiary/aromatic N) is 5. The maximum absolute atomic E-state index is 13.3. The van der Waals surface area contributed by atoms with Gasteiger partial charge in [-0.1, -0.05) is 37.8 Å². The number of sulfonamides is 1. The third-order valence-electron chi connectivity index (χ3n) is 8.18. The van der Waals surface area contributed by atoms with Gasteiger partial charge >= 0.3 is 0 Å². The Kier molecular flexibility index (Phi) is 7.18. The van der Waals surface area contributed by atoms with E-state index >= 15 is 0 Å². The molecule has 0 atom stereocenters. The van der Waals surface area contributed by atoms with Crippen LogP contribution in [0.3, 0.4) is 0 Å². The molecule has 0 radical (unpaired) electrons. The molecular weight excluding hydrogens is 526 g/mol. The van der Waals surface area contributed by atoms with E-state index in [0.29, 0.717) is 42.0 Å². The highest BCUT2D eigenvalue weighted by Gasteiger charge is 2.32. The number of benzene rings is 1. The fraction of sp³-hybridized carbons (Fsp3) is 0.556. The lowest BCUT2D eigenvalue weighted by Crippen LogP contribution is -2.49. The molecule has 0 amide bonds. The Morgan fingerprint density at radius 2 is 1.73 bits per heavy atom. The number of anilines is 1. The Morgan fingerprint density at radius 1 is 1.00 bits per heavy atom. The van der Waals surface area contributed by atoms with E-state index in [9.17, 15) is 8.42 Å². The van der Waals surface area contributed by atoms with E-state index < -0.39 is 10.0 Å². The molecule has 6 rings (SSSR count). The standard InChI is InChI=1S/C27H34ClN5O2S2/c1-2-31-13-12-22-23(18-31)36-27-24(22)26(29-25(30-27)19-6-4-3-5-7-19)32-14-16-33(17-15-32)37(34,35)21-10-8-20(28)9-11-21/h8-11,19H,2-7,12-18H2,1H3. The fourth-order valence-corrected chi connectivity index (χ4v) is 8.79. The third-order valence-corrected chi connectivity index (χ3v) is 11.5. The lowest BCUT2D eigenvalue weighted by molar-refractivity contribution is 0.272. The maximum atomic E-state index is 13.3. The molecule has 7 nitrogen and oxygen atoms in total. The van der Waals surface area contributed by atoms with Crippen LogP contribution in [0.15, 0.2) is 29.2 Å². The molecule has 3 aliphatic rings. The Bertz CT molecular complexity index is 1380. The van der Waals surface area contributed by atoms with Crippen molar-refractivity contribution < 1.29 is 8.42 Å². The van der Waals surface area contributed by atoms with Crippen molar-refractivity contribution in [2.45, 2.75) is 62.8 Å². The molecule has 2 aromatic heterocycles. The zero-order valence-corrected chi connectivity index (χ0v) is 23.7. The van der Waals surface area contributed by atoms with Crippen LogP contribution < -0.4 is 4.90 Å². The van der Waals surface area contributed by atoms with E-state index in [-0.39, 0.29) is 0 Å². The predicted molar refractivity (Wildman–Crippen MR) is 150 cm³/mol. The normalized spacial score (nSPS) is 20.4. The van der Waals surface area contributed by atoms with E-state index in [4.69, 9.17) is 21.6 Å². The largest absolute Gasteiger partial charge is 0.353 e. The molecular formula is C27H34ClN5O2S2. The van der Waals surface area contributed by atoms with Gasteiger partial charge in [0.1, 0.15) is 16.5 Å². The van der Waals surface area contributed by atoms with Crippen LogP contribution in [0.25, 0.3) is 10.2 Å². The van der Waals surface area contributed by atoms with Gasteiger partial charge in [-0.3, -0.25) is 4.90 Å². The quantitative estimate of drug-likeness (QED) is 0.423. The number of hydrogen-bond acceptors (Lipinski definition) is 7. The Labute approximate surface area is 228 Å². The zero-order valence-electron chi connectivity index (χ0n) is 21.3. The third kappa shape index (κ3) is 4.89. The molecule has 1 saturated heterocycles. The molecule has 0 spiro atoms. The van der Waals surface area contributed by atoms with Gasteiger partial charge in [0.15, 0.2) is 0 Å². The summed E-state index contributed by atoms with van der Waals surface area (Å²) in [6.45, 7) is 7.44. The highest BCUT2D eigenvalue weighted by Crippen LogP contribution is 2.41. The lowest BCUT2D eigenvalue weighted by Gasteiger charge is -2.35. The van der Waals surface area contributed by atoms with Crippen LogP contribution >= 0.6 is 22.9 Å². The molecule has 4 heterocycles. The van der Waals surface area contributed by atoms with Crippen LogP contribution in [0.2, 0.25) is 5.02 Å². The molecule has 0 unspecified atom stereocenters. The summed E-state index contributed by atoms with van der Waals surface area (Å²) in [5.74, 6) is 2.44. The van der Waals surface area contributed by atoms with Gasteiger partial charge < -0.3 is 4.90 Å². The van der Waals surface area contributed by atoms with Crippen molar-refractivity contribution in [1.82, 2.24) is 19.2 Å². The summed E-state index contributed by atoms with van der Waals surface area (Å²) in [5, 5.41) is 1.75. The highest BCUT2D eigenvalue weighted by molar-refractivity contribution is 7.89. The van der Waals surface area contributed by atoms with Crippen LogP contribution in [0.5, 0.6) is 0 Å². The lowest BCUT2D eigenvalue weighted by atomic mass is 9.88. The minimum Gasteiger partial charge on any atom is -0.353 e. The number of piperazine rings is 1.